The van der Waals surface area contributed by atoms with Crippen molar-refractivity contribution in [2.75, 3.05) is 6.61 Å². The SMILES string of the molecule is CCC(c1ccncc1)C1OC(C2(CC(C)OC(C)=O)CO2)CC2(CC2)O1. The van der Waals surface area contributed by atoms with Gasteiger partial charge < -0.3 is 18.9 Å². The predicted molar refractivity (Wildman–Crippen MR) is 98.1 cm³/mol. The monoisotopic (exact) mass is 375 g/mol. The van der Waals surface area contributed by atoms with Crippen LogP contribution in [0.5, 0.6) is 0 Å². The van der Waals surface area contributed by atoms with Crippen LogP contribution in [-0.4, -0.2) is 47.3 Å². The van der Waals surface area contributed by atoms with E-state index in [9.17, 15) is 4.79 Å². The van der Waals surface area contributed by atoms with E-state index in [0.29, 0.717) is 13.0 Å². The number of nitrogens with zero attached hydrogens (tertiary/aromatic N) is 1. The molecule has 3 aliphatic rings. The first kappa shape index (κ1) is 18.8. The summed E-state index contributed by atoms with van der Waals surface area (Å²) in [6, 6.07) is 4.08. The van der Waals surface area contributed by atoms with Crippen molar-refractivity contribution in [1.29, 1.82) is 0 Å². The Morgan fingerprint density at radius 1 is 1.37 bits per heavy atom. The van der Waals surface area contributed by atoms with Crippen LogP contribution in [0.4, 0.5) is 0 Å². The molecule has 27 heavy (non-hydrogen) atoms. The highest BCUT2D eigenvalue weighted by molar-refractivity contribution is 5.66. The number of hydrogen-bond donors (Lipinski definition) is 0. The van der Waals surface area contributed by atoms with Crippen molar-refractivity contribution >= 4 is 5.97 Å². The zero-order valence-corrected chi connectivity index (χ0v) is 16.3. The molecule has 148 valence electrons. The fourth-order valence-electron chi connectivity index (χ4n) is 4.35. The minimum atomic E-state index is -0.358. The molecule has 6 nitrogen and oxygen atoms in total. The maximum Gasteiger partial charge on any atom is 0.302 e. The lowest BCUT2D eigenvalue weighted by Gasteiger charge is -2.42. The lowest BCUT2D eigenvalue weighted by atomic mass is 9.89. The standard InChI is InChI=1S/C21H29NO5/c1-4-17(16-5-9-22-10-6-16)19-26-18(12-20(27-19)7-8-20)21(13-24-21)11-14(2)25-15(3)23/h5-6,9-10,14,17-19H,4,7-8,11-13H2,1-3H3. The first-order valence-corrected chi connectivity index (χ1v) is 10.00. The van der Waals surface area contributed by atoms with E-state index >= 15 is 0 Å². The average Bonchev–Trinajstić information content (AvgIpc) is 3.55. The fraction of sp³-hybridized carbons (Fsp3) is 0.714. The first-order chi connectivity index (χ1) is 13.0. The van der Waals surface area contributed by atoms with Gasteiger partial charge >= 0.3 is 5.97 Å². The van der Waals surface area contributed by atoms with Gasteiger partial charge in [-0.2, -0.15) is 0 Å². The van der Waals surface area contributed by atoms with Gasteiger partial charge in [0.15, 0.2) is 6.29 Å². The molecule has 2 saturated heterocycles. The molecule has 5 unspecified atom stereocenters. The van der Waals surface area contributed by atoms with E-state index in [-0.39, 0.29) is 41.6 Å². The molecule has 4 rings (SSSR count). The Morgan fingerprint density at radius 2 is 2.07 bits per heavy atom. The normalized spacial score (nSPS) is 33.3. The summed E-state index contributed by atoms with van der Waals surface area (Å²) in [6.45, 7) is 6.17. The second-order valence-electron chi connectivity index (χ2n) is 8.27. The van der Waals surface area contributed by atoms with Crippen molar-refractivity contribution < 1.29 is 23.7 Å². The molecule has 3 fully saturated rings. The molecule has 3 heterocycles. The molecule has 0 bridgehead atoms. The van der Waals surface area contributed by atoms with Crippen LogP contribution in [-0.2, 0) is 23.7 Å². The Labute approximate surface area is 160 Å². The molecule has 0 N–H and O–H groups in total. The third-order valence-electron chi connectivity index (χ3n) is 6.03. The number of epoxide rings is 1. The average molecular weight is 375 g/mol. The number of esters is 1. The molecular formula is C21H29NO5. The van der Waals surface area contributed by atoms with Gasteiger partial charge in [0, 0.05) is 38.1 Å². The maximum absolute atomic E-state index is 11.3. The van der Waals surface area contributed by atoms with E-state index in [1.165, 1.54) is 12.5 Å². The zero-order chi connectivity index (χ0) is 19.1. The van der Waals surface area contributed by atoms with Crippen molar-refractivity contribution in [3.05, 3.63) is 30.1 Å². The van der Waals surface area contributed by atoms with Crippen LogP contribution in [0.2, 0.25) is 0 Å². The lowest BCUT2D eigenvalue weighted by Crippen LogP contribution is -2.49. The number of ether oxygens (including phenoxy) is 4. The van der Waals surface area contributed by atoms with E-state index in [1.807, 2.05) is 31.5 Å². The van der Waals surface area contributed by atoms with Crippen LogP contribution in [0, 0.1) is 0 Å². The lowest BCUT2D eigenvalue weighted by molar-refractivity contribution is -0.275. The van der Waals surface area contributed by atoms with Gasteiger partial charge in [-0.05, 0) is 43.9 Å². The summed E-state index contributed by atoms with van der Waals surface area (Å²) < 4.78 is 24.2. The summed E-state index contributed by atoms with van der Waals surface area (Å²) in [5.74, 6) is -0.0959. The minimum absolute atomic E-state index is 0.0346. The predicted octanol–water partition coefficient (Wildman–Crippen LogP) is 3.35. The van der Waals surface area contributed by atoms with Crippen LogP contribution in [0.25, 0.3) is 0 Å². The summed E-state index contributed by atoms with van der Waals surface area (Å²) in [5, 5.41) is 0. The van der Waals surface area contributed by atoms with Gasteiger partial charge in [0.1, 0.15) is 11.7 Å². The molecule has 1 saturated carbocycles. The minimum Gasteiger partial charge on any atom is -0.463 e. The van der Waals surface area contributed by atoms with Crippen molar-refractivity contribution in [2.45, 2.75) is 88.5 Å². The number of hydrogen-bond acceptors (Lipinski definition) is 6. The molecule has 0 amide bonds. The van der Waals surface area contributed by atoms with Crippen LogP contribution >= 0.6 is 0 Å². The topological polar surface area (TPSA) is 70.2 Å². The van der Waals surface area contributed by atoms with Crippen LogP contribution < -0.4 is 0 Å². The van der Waals surface area contributed by atoms with E-state index in [1.54, 1.807) is 0 Å². The Balaban J connectivity index is 1.50. The molecular weight excluding hydrogens is 346 g/mol. The number of pyridine rings is 1. The van der Waals surface area contributed by atoms with E-state index in [0.717, 1.165) is 25.7 Å². The third kappa shape index (κ3) is 4.03. The summed E-state index contributed by atoms with van der Waals surface area (Å²) in [7, 11) is 0. The highest BCUT2D eigenvalue weighted by Gasteiger charge is 2.62. The van der Waals surface area contributed by atoms with Gasteiger partial charge in [0.2, 0.25) is 0 Å². The third-order valence-corrected chi connectivity index (χ3v) is 6.03. The van der Waals surface area contributed by atoms with Crippen molar-refractivity contribution in [1.82, 2.24) is 4.98 Å². The van der Waals surface area contributed by atoms with E-state index in [4.69, 9.17) is 18.9 Å². The number of carbonyl (C=O) groups excluding carboxylic acids is 1. The molecule has 5 atom stereocenters. The second-order valence-corrected chi connectivity index (χ2v) is 8.27. The molecule has 6 heteroatoms. The number of carbonyl (C=O) groups is 1. The first-order valence-electron chi connectivity index (χ1n) is 10.00. The van der Waals surface area contributed by atoms with Crippen molar-refractivity contribution in [2.24, 2.45) is 0 Å². The fourth-order valence-corrected chi connectivity index (χ4v) is 4.35. The van der Waals surface area contributed by atoms with Crippen molar-refractivity contribution in [3.8, 4) is 0 Å². The highest BCUT2D eigenvalue weighted by atomic mass is 16.7. The largest absolute Gasteiger partial charge is 0.463 e. The molecule has 2 aliphatic heterocycles. The summed E-state index contributed by atoms with van der Waals surface area (Å²) in [4.78, 5) is 15.4. The van der Waals surface area contributed by atoms with Gasteiger partial charge in [-0.15, -0.1) is 0 Å². The van der Waals surface area contributed by atoms with E-state index < -0.39 is 0 Å². The smallest absolute Gasteiger partial charge is 0.302 e. The van der Waals surface area contributed by atoms with Gasteiger partial charge in [-0.1, -0.05) is 6.92 Å². The maximum atomic E-state index is 11.3. The Bertz CT molecular complexity index is 670. The van der Waals surface area contributed by atoms with Crippen LogP contribution in [0.15, 0.2) is 24.5 Å². The van der Waals surface area contributed by atoms with Gasteiger partial charge in [0.25, 0.3) is 0 Å². The molecule has 1 spiro atoms. The number of rotatable bonds is 7. The Kier molecular flexibility index (Phi) is 4.99. The Hall–Kier alpha value is -1.50. The summed E-state index contributed by atoms with van der Waals surface area (Å²) >= 11 is 0. The molecule has 1 aromatic heterocycles. The Morgan fingerprint density at radius 3 is 2.63 bits per heavy atom. The number of aromatic nitrogens is 1. The quantitative estimate of drug-likeness (QED) is 0.538. The zero-order valence-electron chi connectivity index (χ0n) is 16.3. The summed E-state index contributed by atoms with van der Waals surface area (Å²) in [5.41, 5.74) is 0.758. The van der Waals surface area contributed by atoms with Gasteiger partial charge in [-0.25, -0.2) is 0 Å². The van der Waals surface area contributed by atoms with E-state index in [2.05, 4.69) is 11.9 Å². The molecule has 0 aromatic carbocycles. The molecule has 1 aliphatic carbocycles. The van der Waals surface area contributed by atoms with Crippen LogP contribution in [0.1, 0.15) is 64.4 Å². The van der Waals surface area contributed by atoms with Gasteiger partial charge in [0.05, 0.1) is 18.3 Å². The molecule has 0 radical (unpaired) electrons. The van der Waals surface area contributed by atoms with Crippen LogP contribution in [0.3, 0.4) is 0 Å². The van der Waals surface area contributed by atoms with Crippen molar-refractivity contribution in [3.63, 3.8) is 0 Å². The second kappa shape index (κ2) is 7.15. The highest BCUT2D eigenvalue weighted by Crippen LogP contribution is 2.54. The summed E-state index contributed by atoms with van der Waals surface area (Å²) in [6.07, 6.45) is 7.71. The van der Waals surface area contributed by atoms with Gasteiger partial charge in [-0.3, -0.25) is 9.78 Å². The molecule has 1 aromatic rings.